The third kappa shape index (κ3) is 3.84. The van der Waals surface area contributed by atoms with Gasteiger partial charge in [-0.15, -0.1) is 0 Å². The van der Waals surface area contributed by atoms with Gasteiger partial charge in [0.1, 0.15) is 6.04 Å². The van der Waals surface area contributed by atoms with Crippen LogP contribution in [0.15, 0.2) is 46.0 Å². The van der Waals surface area contributed by atoms with Crippen molar-refractivity contribution in [3.05, 3.63) is 80.0 Å². The van der Waals surface area contributed by atoms with Crippen LogP contribution in [0.3, 0.4) is 0 Å². The molecule has 3 N–H and O–H groups in total. The van der Waals surface area contributed by atoms with Crippen molar-refractivity contribution in [2.45, 2.75) is 19.5 Å². The molecule has 1 atom stereocenters. The van der Waals surface area contributed by atoms with Gasteiger partial charge in [-0.05, 0) is 42.8 Å². The van der Waals surface area contributed by atoms with Gasteiger partial charge < -0.3 is 15.6 Å². The van der Waals surface area contributed by atoms with Crippen molar-refractivity contribution in [3.63, 3.8) is 0 Å². The van der Waals surface area contributed by atoms with E-state index in [1.807, 2.05) is 0 Å². The lowest BCUT2D eigenvalue weighted by Crippen LogP contribution is -2.39. The highest BCUT2D eigenvalue weighted by molar-refractivity contribution is 6.00. The molecule has 0 aliphatic heterocycles. The molecular weight excluding hydrogens is 398 g/mol. The summed E-state index contributed by atoms with van der Waals surface area (Å²) in [4.78, 5) is 51.8. The van der Waals surface area contributed by atoms with Gasteiger partial charge in [0, 0.05) is 19.2 Å². The SMILES string of the molecule is CCn1c(=O)[nH]c2cc(C(=O)NC(C(=O)NC)c3ccc(F)c(F)c3)ccc2c1=O. The first kappa shape index (κ1) is 20.9. The molecule has 156 valence electrons. The highest BCUT2D eigenvalue weighted by atomic mass is 19.2. The molecular formula is C20H18F2N4O4. The molecule has 1 unspecified atom stereocenters. The molecule has 30 heavy (non-hydrogen) atoms. The smallest absolute Gasteiger partial charge is 0.328 e. The Morgan fingerprint density at radius 2 is 1.83 bits per heavy atom. The zero-order valence-electron chi connectivity index (χ0n) is 16.1. The summed E-state index contributed by atoms with van der Waals surface area (Å²) in [6, 6.07) is 5.63. The summed E-state index contributed by atoms with van der Waals surface area (Å²) in [5.41, 5.74) is -0.845. The van der Waals surface area contributed by atoms with Crippen molar-refractivity contribution >= 4 is 22.7 Å². The van der Waals surface area contributed by atoms with E-state index in [0.717, 1.165) is 16.7 Å². The Kier molecular flexibility index (Phi) is 5.77. The average molecular weight is 416 g/mol. The van der Waals surface area contributed by atoms with E-state index in [9.17, 15) is 28.0 Å². The number of rotatable bonds is 5. The summed E-state index contributed by atoms with van der Waals surface area (Å²) in [6.45, 7) is 1.84. The highest BCUT2D eigenvalue weighted by Crippen LogP contribution is 2.18. The van der Waals surface area contributed by atoms with Crippen molar-refractivity contribution in [1.82, 2.24) is 20.2 Å². The normalized spacial score (nSPS) is 11.9. The number of aromatic amines is 1. The van der Waals surface area contributed by atoms with Crippen LogP contribution < -0.4 is 21.9 Å². The van der Waals surface area contributed by atoms with Crippen LogP contribution in [0.5, 0.6) is 0 Å². The molecule has 3 rings (SSSR count). The zero-order valence-corrected chi connectivity index (χ0v) is 16.1. The second-order valence-electron chi connectivity index (χ2n) is 6.43. The molecule has 1 aromatic heterocycles. The molecule has 0 saturated carbocycles. The van der Waals surface area contributed by atoms with Crippen LogP contribution in [0.4, 0.5) is 8.78 Å². The van der Waals surface area contributed by atoms with Gasteiger partial charge in [-0.2, -0.15) is 0 Å². The lowest BCUT2D eigenvalue weighted by molar-refractivity contribution is -0.122. The number of nitrogens with zero attached hydrogens (tertiary/aromatic N) is 1. The Morgan fingerprint density at radius 1 is 1.10 bits per heavy atom. The molecule has 8 nitrogen and oxygen atoms in total. The van der Waals surface area contributed by atoms with Crippen LogP contribution in [-0.4, -0.2) is 28.4 Å². The van der Waals surface area contributed by atoms with E-state index in [1.165, 1.54) is 31.3 Å². The summed E-state index contributed by atoms with van der Waals surface area (Å²) >= 11 is 0. The zero-order chi connectivity index (χ0) is 22.0. The van der Waals surface area contributed by atoms with Gasteiger partial charge in [-0.25, -0.2) is 13.6 Å². The fourth-order valence-corrected chi connectivity index (χ4v) is 3.03. The summed E-state index contributed by atoms with van der Waals surface area (Å²) in [7, 11) is 1.33. The number of nitrogens with one attached hydrogen (secondary N) is 3. The number of halogens is 2. The van der Waals surface area contributed by atoms with Crippen molar-refractivity contribution in [3.8, 4) is 0 Å². The minimum atomic E-state index is -1.29. The fraction of sp³-hybridized carbons (Fsp3) is 0.200. The van der Waals surface area contributed by atoms with Crippen LogP contribution in [0.2, 0.25) is 0 Å². The number of H-pyrrole nitrogens is 1. The lowest BCUT2D eigenvalue weighted by atomic mass is 10.0. The first-order valence-corrected chi connectivity index (χ1v) is 9.01. The first-order chi connectivity index (χ1) is 14.3. The van der Waals surface area contributed by atoms with E-state index in [4.69, 9.17) is 0 Å². The van der Waals surface area contributed by atoms with Gasteiger partial charge in [-0.3, -0.25) is 19.0 Å². The molecule has 0 saturated heterocycles. The maximum Gasteiger partial charge on any atom is 0.328 e. The molecule has 0 fully saturated rings. The summed E-state index contributed by atoms with van der Waals surface area (Å²) in [5.74, 6) is -3.60. The van der Waals surface area contributed by atoms with E-state index in [-0.39, 0.29) is 28.6 Å². The third-order valence-electron chi connectivity index (χ3n) is 4.62. The second-order valence-corrected chi connectivity index (χ2v) is 6.43. The Bertz CT molecular complexity index is 1270. The number of amides is 2. The van der Waals surface area contributed by atoms with Gasteiger partial charge in [0.2, 0.25) is 5.91 Å². The predicted octanol–water partition coefficient (Wildman–Crippen LogP) is 1.20. The Balaban J connectivity index is 1.98. The lowest BCUT2D eigenvalue weighted by Gasteiger charge is -2.18. The molecule has 2 aromatic carbocycles. The van der Waals surface area contributed by atoms with E-state index in [0.29, 0.717) is 0 Å². The van der Waals surface area contributed by atoms with Crippen LogP contribution in [0.25, 0.3) is 10.9 Å². The number of carbonyl (C=O) groups excluding carboxylic acids is 2. The van der Waals surface area contributed by atoms with Crippen molar-refractivity contribution in [1.29, 1.82) is 0 Å². The van der Waals surface area contributed by atoms with E-state index in [1.54, 1.807) is 6.92 Å². The number of hydrogen-bond donors (Lipinski definition) is 3. The number of aromatic nitrogens is 2. The van der Waals surface area contributed by atoms with Gasteiger partial charge in [0.25, 0.3) is 11.5 Å². The largest absolute Gasteiger partial charge is 0.357 e. The van der Waals surface area contributed by atoms with Gasteiger partial charge in [-0.1, -0.05) is 6.07 Å². The highest BCUT2D eigenvalue weighted by Gasteiger charge is 2.24. The Labute approximate surface area is 168 Å². The summed E-state index contributed by atoms with van der Waals surface area (Å²) < 4.78 is 27.8. The predicted molar refractivity (Wildman–Crippen MR) is 105 cm³/mol. The molecule has 10 heteroatoms. The van der Waals surface area contributed by atoms with Gasteiger partial charge in [0.15, 0.2) is 11.6 Å². The standard InChI is InChI=1S/C20H18F2N4O4/c1-3-26-19(29)12-6-4-11(9-15(12)24-20(26)30)17(27)25-16(18(28)23-2)10-5-7-13(21)14(22)8-10/h4-9,16H,3H2,1-2H3,(H,23,28)(H,24,30)(H,25,27). The maximum absolute atomic E-state index is 13.6. The van der Waals surface area contributed by atoms with E-state index in [2.05, 4.69) is 15.6 Å². The average Bonchev–Trinajstić information content (AvgIpc) is 2.73. The number of fused-ring (bicyclic) bond motifs is 1. The molecule has 0 spiro atoms. The number of carbonyl (C=O) groups is 2. The van der Waals surface area contributed by atoms with E-state index >= 15 is 0 Å². The molecule has 0 radical (unpaired) electrons. The summed E-state index contributed by atoms with van der Waals surface area (Å²) in [6.07, 6.45) is 0. The van der Waals surface area contributed by atoms with Crippen LogP contribution >= 0.6 is 0 Å². The maximum atomic E-state index is 13.6. The van der Waals surface area contributed by atoms with Crippen LogP contribution in [-0.2, 0) is 11.3 Å². The van der Waals surface area contributed by atoms with E-state index < -0.39 is 40.7 Å². The molecule has 3 aromatic rings. The second kappa shape index (κ2) is 8.27. The Hall–Kier alpha value is -3.82. The van der Waals surface area contributed by atoms with Gasteiger partial charge in [0.05, 0.1) is 10.9 Å². The van der Waals surface area contributed by atoms with Crippen LogP contribution in [0, 0.1) is 11.6 Å². The topological polar surface area (TPSA) is 113 Å². The van der Waals surface area contributed by atoms with Crippen molar-refractivity contribution < 1.29 is 18.4 Å². The quantitative estimate of drug-likeness (QED) is 0.580. The molecule has 2 amide bonds. The molecule has 0 aliphatic rings. The fourth-order valence-electron chi connectivity index (χ4n) is 3.03. The molecule has 1 heterocycles. The van der Waals surface area contributed by atoms with Crippen molar-refractivity contribution in [2.24, 2.45) is 0 Å². The molecule has 0 aliphatic carbocycles. The minimum Gasteiger partial charge on any atom is -0.357 e. The Morgan fingerprint density at radius 3 is 2.47 bits per heavy atom. The monoisotopic (exact) mass is 416 g/mol. The number of hydrogen-bond acceptors (Lipinski definition) is 4. The number of benzene rings is 2. The van der Waals surface area contributed by atoms with Gasteiger partial charge >= 0.3 is 5.69 Å². The summed E-state index contributed by atoms with van der Waals surface area (Å²) in [5, 5.41) is 5.02. The third-order valence-corrected chi connectivity index (χ3v) is 4.62. The van der Waals surface area contributed by atoms with Crippen LogP contribution in [0.1, 0.15) is 28.9 Å². The first-order valence-electron chi connectivity index (χ1n) is 9.01. The molecule has 0 bridgehead atoms. The minimum absolute atomic E-state index is 0.0432. The van der Waals surface area contributed by atoms with Crippen molar-refractivity contribution in [2.75, 3.05) is 7.05 Å². The number of likely N-dealkylation sites (N-methyl/N-ethyl adjacent to an activating group) is 1.